The molecule has 0 saturated heterocycles. The van der Waals surface area contributed by atoms with Crippen LogP contribution < -0.4 is 10.5 Å². The van der Waals surface area contributed by atoms with E-state index in [-0.39, 0.29) is 10.9 Å². The SMILES string of the molecule is Cc1cc(Oc2cc(F)c(Cl)cc2Br)ccc1/C(N)=N/O. The maximum absolute atomic E-state index is 13.5. The summed E-state index contributed by atoms with van der Waals surface area (Å²) in [6.07, 6.45) is 0. The van der Waals surface area contributed by atoms with Crippen LogP contribution >= 0.6 is 27.5 Å². The highest BCUT2D eigenvalue weighted by molar-refractivity contribution is 9.10. The van der Waals surface area contributed by atoms with Gasteiger partial charge >= 0.3 is 0 Å². The molecule has 0 aliphatic carbocycles. The molecule has 0 radical (unpaired) electrons. The molecular weight excluding hydrogens is 363 g/mol. The van der Waals surface area contributed by atoms with Gasteiger partial charge in [0.05, 0.1) is 9.50 Å². The minimum Gasteiger partial charge on any atom is -0.456 e. The third-order valence-electron chi connectivity index (χ3n) is 2.78. The number of hydrogen-bond acceptors (Lipinski definition) is 3. The smallest absolute Gasteiger partial charge is 0.170 e. The molecule has 0 bridgehead atoms. The molecule has 2 aromatic rings. The van der Waals surface area contributed by atoms with Gasteiger partial charge in [-0.25, -0.2) is 4.39 Å². The van der Waals surface area contributed by atoms with Crippen LogP contribution in [0, 0.1) is 12.7 Å². The molecule has 0 saturated carbocycles. The fraction of sp³-hybridized carbons (Fsp3) is 0.0714. The standard InChI is InChI=1S/C14H11BrClFN2O2/c1-7-4-8(2-3-9(7)14(18)19-20)21-13-6-12(17)11(16)5-10(13)15/h2-6,20H,1H3,(H2,18,19). The van der Waals surface area contributed by atoms with Crippen molar-refractivity contribution in [1.29, 1.82) is 0 Å². The van der Waals surface area contributed by atoms with Gasteiger partial charge in [0.25, 0.3) is 0 Å². The number of halogens is 3. The van der Waals surface area contributed by atoms with Gasteiger partial charge in [-0.2, -0.15) is 0 Å². The second-order valence-electron chi connectivity index (χ2n) is 4.26. The number of hydrogen-bond donors (Lipinski definition) is 2. The van der Waals surface area contributed by atoms with Crippen LogP contribution in [0.3, 0.4) is 0 Å². The molecule has 0 amide bonds. The Morgan fingerprint density at radius 2 is 2.10 bits per heavy atom. The zero-order valence-corrected chi connectivity index (χ0v) is 13.2. The summed E-state index contributed by atoms with van der Waals surface area (Å²) >= 11 is 8.93. The molecule has 0 spiro atoms. The van der Waals surface area contributed by atoms with Gasteiger partial charge in [0, 0.05) is 11.6 Å². The molecule has 2 aromatic carbocycles. The van der Waals surface area contributed by atoms with Crippen molar-refractivity contribution in [2.75, 3.05) is 0 Å². The molecule has 0 unspecified atom stereocenters. The average molecular weight is 374 g/mol. The molecule has 0 heterocycles. The summed E-state index contributed by atoms with van der Waals surface area (Å²) in [5.41, 5.74) is 6.89. The number of rotatable bonds is 3. The molecule has 0 aliphatic rings. The maximum Gasteiger partial charge on any atom is 0.170 e. The topological polar surface area (TPSA) is 67.8 Å². The number of ether oxygens (including phenoxy) is 1. The largest absolute Gasteiger partial charge is 0.456 e. The molecule has 7 heteroatoms. The Labute approximate surface area is 134 Å². The lowest BCUT2D eigenvalue weighted by atomic mass is 10.1. The van der Waals surface area contributed by atoms with Crippen molar-refractivity contribution in [3.8, 4) is 11.5 Å². The van der Waals surface area contributed by atoms with Crippen molar-refractivity contribution in [1.82, 2.24) is 0 Å². The van der Waals surface area contributed by atoms with E-state index in [0.29, 0.717) is 21.5 Å². The molecule has 3 N–H and O–H groups in total. The molecule has 0 atom stereocenters. The molecule has 0 fully saturated rings. The van der Waals surface area contributed by atoms with E-state index < -0.39 is 5.82 Å². The summed E-state index contributed by atoms with van der Waals surface area (Å²) in [6, 6.07) is 7.61. The fourth-order valence-electron chi connectivity index (χ4n) is 1.75. The van der Waals surface area contributed by atoms with Gasteiger partial charge < -0.3 is 15.7 Å². The van der Waals surface area contributed by atoms with E-state index in [2.05, 4.69) is 21.1 Å². The Kier molecular flexibility index (Phi) is 4.69. The van der Waals surface area contributed by atoms with Crippen LogP contribution in [0.25, 0.3) is 0 Å². The van der Waals surface area contributed by atoms with Gasteiger partial charge in [-0.3, -0.25) is 0 Å². The van der Waals surface area contributed by atoms with Crippen LogP contribution in [0.4, 0.5) is 4.39 Å². The highest BCUT2D eigenvalue weighted by atomic mass is 79.9. The lowest BCUT2D eigenvalue weighted by Crippen LogP contribution is -2.14. The number of benzene rings is 2. The lowest BCUT2D eigenvalue weighted by Gasteiger charge is -2.11. The first-order valence-electron chi connectivity index (χ1n) is 5.83. The zero-order valence-electron chi connectivity index (χ0n) is 10.9. The number of nitrogens with zero attached hydrogens (tertiary/aromatic N) is 1. The normalized spacial score (nSPS) is 11.5. The predicted octanol–water partition coefficient (Wildman–Crippen LogP) is 4.44. The number of oxime groups is 1. The van der Waals surface area contributed by atoms with Gasteiger partial charge in [0.1, 0.15) is 17.3 Å². The summed E-state index contributed by atoms with van der Waals surface area (Å²) in [4.78, 5) is 0. The quantitative estimate of drug-likeness (QED) is 0.275. The number of nitrogens with two attached hydrogens (primary N) is 1. The highest BCUT2D eigenvalue weighted by Crippen LogP contribution is 2.34. The Bertz CT molecular complexity index is 722. The van der Waals surface area contributed by atoms with Gasteiger partial charge in [0.2, 0.25) is 0 Å². The second-order valence-corrected chi connectivity index (χ2v) is 5.52. The van der Waals surface area contributed by atoms with Gasteiger partial charge in [-0.1, -0.05) is 16.8 Å². The van der Waals surface area contributed by atoms with Crippen LogP contribution in [-0.4, -0.2) is 11.0 Å². The van der Waals surface area contributed by atoms with Crippen molar-refractivity contribution >= 4 is 33.4 Å². The summed E-state index contributed by atoms with van der Waals surface area (Å²) in [5, 5.41) is 11.6. The summed E-state index contributed by atoms with van der Waals surface area (Å²) in [5.74, 6) is 0.231. The zero-order chi connectivity index (χ0) is 15.6. The van der Waals surface area contributed by atoms with Crippen molar-refractivity contribution in [3.63, 3.8) is 0 Å². The summed E-state index contributed by atoms with van der Waals surface area (Å²) < 4.78 is 19.6. The third-order valence-corrected chi connectivity index (χ3v) is 3.69. The molecule has 110 valence electrons. The Morgan fingerprint density at radius 1 is 1.38 bits per heavy atom. The number of aryl methyl sites for hydroxylation is 1. The lowest BCUT2D eigenvalue weighted by molar-refractivity contribution is 0.318. The Balaban J connectivity index is 2.33. The minimum atomic E-state index is -0.570. The second kappa shape index (κ2) is 6.32. The van der Waals surface area contributed by atoms with Crippen molar-refractivity contribution in [3.05, 3.63) is 56.8 Å². The first-order valence-corrected chi connectivity index (χ1v) is 7.00. The molecule has 4 nitrogen and oxygen atoms in total. The molecule has 21 heavy (non-hydrogen) atoms. The van der Waals surface area contributed by atoms with E-state index in [0.717, 1.165) is 5.56 Å². The van der Waals surface area contributed by atoms with Crippen LogP contribution in [0.1, 0.15) is 11.1 Å². The molecule has 2 rings (SSSR count). The third kappa shape index (κ3) is 3.46. The van der Waals surface area contributed by atoms with E-state index in [1.165, 1.54) is 12.1 Å². The van der Waals surface area contributed by atoms with E-state index in [1.54, 1.807) is 25.1 Å². The van der Waals surface area contributed by atoms with E-state index >= 15 is 0 Å². The number of amidine groups is 1. The van der Waals surface area contributed by atoms with E-state index in [1.807, 2.05) is 0 Å². The molecular formula is C14H11BrClFN2O2. The average Bonchev–Trinajstić information content (AvgIpc) is 2.44. The monoisotopic (exact) mass is 372 g/mol. The van der Waals surface area contributed by atoms with E-state index in [9.17, 15) is 4.39 Å². The maximum atomic E-state index is 13.5. The van der Waals surface area contributed by atoms with Crippen molar-refractivity contribution in [2.45, 2.75) is 6.92 Å². The summed E-state index contributed by atoms with van der Waals surface area (Å²) in [7, 11) is 0. The Morgan fingerprint density at radius 3 is 2.71 bits per heavy atom. The van der Waals surface area contributed by atoms with Crippen LogP contribution in [-0.2, 0) is 0 Å². The Hall–Kier alpha value is -1.79. The molecule has 0 aromatic heterocycles. The first kappa shape index (κ1) is 15.6. The van der Waals surface area contributed by atoms with Crippen molar-refractivity contribution in [2.24, 2.45) is 10.9 Å². The van der Waals surface area contributed by atoms with Gasteiger partial charge in [-0.15, -0.1) is 0 Å². The van der Waals surface area contributed by atoms with Crippen LogP contribution in [0.2, 0.25) is 5.02 Å². The highest BCUT2D eigenvalue weighted by Gasteiger charge is 2.10. The minimum absolute atomic E-state index is 0.00712. The van der Waals surface area contributed by atoms with Crippen LogP contribution in [0.15, 0.2) is 40.0 Å². The van der Waals surface area contributed by atoms with Gasteiger partial charge in [-0.05, 0) is 52.7 Å². The fourth-order valence-corrected chi connectivity index (χ4v) is 2.47. The summed E-state index contributed by atoms with van der Waals surface area (Å²) in [6.45, 7) is 1.79. The van der Waals surface area contributed by atoms with Gasteiger partial charge in [0.15, 0.2) is 5.84 Å². The molecule has 0 aliphatic heterocycles. The van der Waals surface area contributed by atoms with E-state index in [4.69, 9.17) is 27.3 Å². The predicted molar refractivity (Wildman–Crippen MR) is 82.9 cm³/mol. The van der Waals surface area contributed by atoms with Crippen molar-refractivity contribution < 1.29 is 14.3 Å². The first-order chi connectivity index (χ1) is 9.92. The van der Waals surface area contributed by atoms with Crippen LogP contribution in [0.5, 0.6) is 11.5 Å².